The Morgan fingerprint density at radius 1 is 1.17 bits per heavy atom. The fourth-order valence-corrected chi connectivity index (χ4v) is 5.01. The van der Waals surface area contributed by atoms with Crippen LogP contribution in [0.1, 0.15) is 61.0 Å². The van der Waals surface area contributed by atoms with E-state index in [4.69, 9.17) is 4.74 Å². The van der Waals surface area contributed by atoms with Gasteiger partial charge < -0.3 is 30.9 Å². The number of carboxylic acid groups (broad SMARTS) is 1. The molecule has 14 heteroatoms. The number of ether oxygens (including phenoxy) is 1. The summed E-state index contributed by atoms with van der Waals surface area (Å²) in [5.74, 6) is -3.25. The van der Waals surface area contributed by atoms with Crippen LogP contribution in [0, 0.1) is 5.82 Å². The zero-order chi connectivity index (χ0) is 29.7. The SMILES string of the molecule is CC1Oc2ccc(CNC(=O)c3cc(C(=O)N[C@@H]4c5ccc(C(=O)O)cc5C[C@@H]4O)n4ncc(F)c4n3)cc2NC1=O. The van der Waals surface area contributed by atoms with Crippen molar-refractivity contribution < 1.29 is 38.5 Å². The van der Waals surface area contributed by atoms with Crippen molar-refractivity contribution in [1.29, 1.82) is 0 Å². The molecule has 1 unspecified atom stereocenters. The van der Waals surface area contributed by atoms with Gasteiger partial charge in [-0.25, -0.2) is 18.7 Å². The van der Waals surface area contributed by atoms with E-state index < -0.39 is 41.9 Å². The number of carbonyl (C=O) groups excluding carboxylic acids is 3. The molecule has 0 saturated heterocycles. The number of nitrogens with zero attached hydrogens (tertiary/aromatic N) is 3. The Bertz CT molecular complexity index is 1810. The molecule has 0 spiro atoms. The Labute approximate surface area is 236 Å². The number of carbonyl (C=O) groups is 4. The molecule has 13 nitrogen and oxygen atoms in total. The zero-order valence-electron chi connectivity index (χ0n) is 21.9. The van der Waals surface area contributed by atoms with Gasteiger partial charge in [-0.3, -0.25) is 14.4 Å². The predicted molar refractivity (Wildman–Crippen MR) is 143 cm³/mol. The molecule has 6 rings (SSSR count). The van der Waals surface area contributed by atoms with E-state index in [-0.39, 0.29) is 41.5 Å². The van der Waals surface area contributed by atoms with Crippen molar-refractivity contribution in [2.45, 2.75) is 38.1 Å². The van der Waals surface area contributed by atoms with Crippen molar-refractivity contribution in [1.82, 2.24) is 25.2 Å². The van der Waals surface area contributed by atoms with Gasteiger partial charge >= 0.3 is 5.97 Å². The zero-order valence-corrected chi connectivity index (χ0v) is 21.9. The maximum absolute atomic E-state index is 14.5. The molecule has 3 heterocycles. The first-order valence-corrected chi connectivity index (χ1v) is 12.9. The molecule has 2 aromatic carbocycles. The molecule has 214 valence electrons. The van der Waals surface area contributed by atoms with E-state index in [1.807, 2.05) is 0 Å². The van der Waals surface area contributed by atoms with Crippen LogP contribution >= 0.6 is 0 Å². The average Bonchev–Trinajstić information content (AvgIpc) is 3.49. The van der Waals surface area contributed by atoms with Gasteiger partial charge in [0, 0.05) is 19.0 Å². The third kappa shape index (κ3) is 4.77. The number of aromatic nitrogens is 3. The Hall–Kier alpha value is -5.37. The number of amides is 3. The molecule has 0 radical (unpaired) electrons. The summed E-state index contributed by atoms with van der Waals surface area (Å²) >= 11 is 0. The Balaban J connectivity index is 1.23. The van der Waals surface area contributed by atoms with Crippen molar-refractivity contribution >= 4 is 35.0 Å². The highest BCUT2D eigenvalue weighted by Crippen LogP contribution is 2.33. The lowest BCUT2D eigenvalue weighted by molar-refractivity contribution is -0.122. The van der Waals surface area contributed by atoms with Gasteiger partial charge in [0.1, 0.15) is 17.1 Å². The van der Waals surface area contributed by atoms with Crippen LogP contribution in [0.25, 0.3) is 5.65 Å². The summed E-state index contributed by atoms with van der Waals surface area (Å²) in [5, 5.41) is 31.8. The monoisotopic (exact) mass is 574 g/mol. The second-order valence-electron chi connectivity index (χ2n) is 9.96. The van der Waals surface area contributed by atoms with Crippen molar-refractivity contribution in [3.05, 3.63) is 88.1 Å². The highest BCUT2D eigenvalue weighted by atomic mass is 19.1. The minimum absolute atomic E-state index is 0.0249. The van der Waals surface area contributed by atoms with Crippen molar-refractivity contribution in [2.24, 2.45) is 0 Å². The second-order valence-corrected chi connectivity index (χ2v) is 9.96. The van der Waals surface area contributed by atoms with E-state index in [9.17, 15) is 33.8 Å². The first kappa shape index (κ1) is 26.8. The average molecular weight is 575 g/mol. The fraction of sp³-hybridized carbons (Fsp3) is 0.214. The van der Waals surface area contributed by atoms with Gasteiger partial charge in [0.15, 0.2) is 17.6 Å². The van der Waals surface area contributed by atoms with Crippen molar-refractivity contribution in [3.63, 3.8) is 0 Å². The van der Waals surface area contributed by atoms with Gasteiger partial charge in [0.25, 0.3) is 17.7 Å². The number of rotatable bonds is 6. The van der Waals surface area contributed by atoms with Gasteiger partial charge in [-0.15, -0.1) is 0 Å². The summed E-state index contributed by atoms with van der Waals surface area (Å²) < 4.78 is 21.0. The largest absolute Gasteiger partial charge is 0.479 e. The van der Waals surface area contributed by atoms with Crippen LogP contribution in [-0.4, -0.2) is 60.7 Å². The topological polar surface area (TPSA) is 184 Å². The van der Waals surface area contributed by atoms with Gasteiger partial charge in [0.2, 0.25) is 0 Å². The maximum atomic E-state index is 14.5. The number of hydrogen-bond acceptors (Lipinski definition) is 8. The quantitative estimate of drug-likeness (QED) is 0.228. The van der Waals surface area contributed by atoms with Crippen LogP contribution in [0.15, 0.2) is 48.7 Å². The number of aliphatic hydroxyl groups is 1. The summed E-state index contributed by atoms with van der Waals surface area (Å²) in [5.41, 5.74) is 1.43. The normalized spacial score (nSPS) is 18.9. The van der Waals surface area contributed by atoms with Crippen LogP contribution in [0.2, 0.25) is 0 Å². The Kier molecular flexibility index (Phi) is 6.54. The van der Waals surface area contributed by atoms with E-state index in [1.54, 1.807) is 25.1 Å². The summed E-state index contributed by atoms with van der Waals surface area (Å²) in [6.07, 6.45) is -0.694. The van der Waals surface area contributed by atoms with Crippen LogP contribution < -0.4 is 20.7 Å². The molecule has 0 saturated carbocycles. The van der Waals surface area contributed by atoms with Crippen LogP contribution in [0.5, 0.6) is 5.75 Å². The van der Waals surface area contributed by atoms with Gasteiger partial charge in [-0.2, -0.15) is 5.10 Å². The number of aromatic carboxylic acids is 1. The summed E-state index contributed by atoms with van der Waals surface area (Å²) in [6, 6.07) is 9.63. The lowest BCUT2D eigenvalue weighted by Crippen LogP contribution is -2.35. The molecule has 2 aliphatic rings. The molecular formula is C28H23FN6O7. The van der Waals surface area contributed by atoms with Crippen LogP contribution in [-0.2, 0) is 17.8 Å². The number of aliphatic hydroxyl groups excluding tert-OH is 1. The summed E-state index contributed by atoms with van der Waals surface area (Å²) in [7, 11) is 0. The number of anilines is 1. The molecule has 42 heavy (non-hydrogen) atoms. The Morgan fingerprint density at radius 3 is 2.76 bits per heavy atom. The Morgan fingerprint density at radius 2 is 1.98 bits per heavy atom. The molecular weight excluding hydrogens is 551 g/mol. The number of benzene rings is 2. The van der Waals surface area contributed by atoms with E-state index in [2.05, 4.69) is 26.0 Å². The number of fused-ring (bicyclic) bond motifs is 3. The second kappa shape index (κ2) is 10.2. The standard InChI is InChI=1S/C28H23FN6O7/c1-12-25(37)33-18-6-13(2-5-22(18)42-12)10-30-26(38)19-9-20(35-24(32-19)17(29)11-31-35)27(39)34-23-16-4-3-14(28(40)41)7-15(16)8-21(23)36/h2-7,9,11-12,21,23,36H,8,10H2,1H3,(H,30,38)(H,33,37)(H,34,39)(H,40,41)/t12?,21-,23+/m0/s1. The highest BCUT2D eigenvalue weighted by Gasteiger charge is 2.34. The predicted octanol–water partition coefficient (Wildman–Crippen LogP) is 1.60. The van der Waals surface area contributed by atoms with E-state index >= 15 is 0 Å². The van der Waals surface area contributed by atoms with Gasteiger partial charge in [-0.1, -0.05) is 12.1 Å². The third-order valence-electron chi connectivity index (χ3n) is 7.15. The summed E-state index contributed by atoms with van der Waals surface area (Å²) in [4.78, 5) is 53.7. The molecule has 0 bridgehead atoms. The lowest BCUT2D eigenvalue weighted by Gasteiger charge is -2.23. The molecule has 1 aliphatic heterocycles. The van der Waals surface area contributed by atoms with Crippen LogP contribution in [0.3, 0.4) is 0 Å². The minimum atomic E-state index is -1.12. The van der Waals surface area contributed by atoms with Gasteiger partial charge in [-0.05, 0) is 47.9 Å². The molecule has 0 fully saturated rings. The van der Waals surface area contributed by atoms with Crippen molar-refractivity contribution in [2.75, 3.05) is 5.32 Å². The first-order valence-electron chi connectivity index (χ1n) is 12.9. The molecule has 2 aromatic heterocycles. The number of carboxylic acids is 1. The summed E-state index contributed by atoms with van der Waals surface area (Å²) in [6.45, 7) is 1.65. The minimum Gasteiger partial charge on any atom is -0.479 e. The molecule has 5 N–H and O–H groups in total. The van der Waals surface area contributed by atoms with Crippen LogP contribution in [0.4, 0.5) is 10.1 Å². The van der Waals surface area contributed by atoms with E-state index in [1.165, 1.54) is 18.2 Å². The smallest absolute Gasteiger partial charge is 0.335 e. The van der Waals surface area contributed by atoms with E-state index in [0.29, 0.717) is 28.1 Å². The van der Waals surface area contributed by atoms with Crippen molar-refractivity contribution in [3.8, 4) is 5.75 Å². The first-order chi connectivity index (χ1) is 20.1. The van der Waals surface area contributed by atoms with Gasteiger partial charge in [0.05, 0.1) is 29.6 Å². The number of hydrogen-bond donors (Lipinski definition) is 5. The third-order valence-corrected chi connectivity index (χ3v) is 7.15. The highest BCUT2D eigenvalue weighted by molar-refractivity contribution is 5.99. The maximum Gasteiger partial charge on any atom is 0.335 e. The van der Waals surface area contributed by atoms with E-state index in [0.717, 1.165) is 16.8 Å². The lowest BCUT2D eigenvalue weighted by atomic mass is 10.0. The molecule has 1 aliphatic carbocycles. The molecule has 4 aromatic rings. The number of halogens is 1. The molecule has 3 amide bonds. The molecule has 3 atom stereocenters. The number of nitrogens with one attached hydrogen (secondary N) is 3. The fourth-order valence-electron chi connectivity index (χ4n) is 5.01.